The molecule has 0 amide bonds. The van der Waals surface area contributed by atoms with Crippen molar-refractivity contribution in [1.29, 1.82) is 5.41 Å². The summed E-state index contributed by atoms with van der Waals surface area (Å²) in [7, 11) is 1.57. The highest BCUT2D eigenvalue weighted by Crippen LogP contribution is 2.13. The molecule has 20 heavy (non-hydrogen) atoms. The maximum atomic E-state index is 12.1. The summed E-state index contributed by atoms with van der Waals surface area (Å²) in [6.45, 7) is 0.103. The third kappa shape index (κ3) is 3.21. The number of aromatic nitrogens is 1. The van der Waals surface area contributed by atoms with E-state index in [0.29, 0.717) is 11.3 Å². The van der Waals surface area contributed by atoms with Gasteiger partial charge >= 0.3 is 0 Å². The van der Waals surface area contributed by atoms with Crippen LogP contribution < -0.4 is 10.1 Å². The summed E-state index contributed by atoms with van der Waals surface area (Å²) in [4.78, 5) is 12.1. The summed E-state index contributed by atoms with van der Waals surface area (Å²) in [5.74, 6) is 0.612. The fourth-order valence-electron chi connectivity index (χ4n) is 1.70. The predicted molar refractivity (Wildman–Crippen MR) is 77.6 cm³/mol. The summed E-state index contributed by atoms with van der Waals surface area (Å²) in [5.41, 5.74) is 0.570. The monoisotopic (exact) mass is 310 g/mol. The van der Waals surface area contributed by atoms with Crippen molar-refractivity contribution in [3.05, 3.63) is 57.6 Å². The van der Waals surface area contributed by atoms with Crippen LogP contribution in [0.3, 0.4) is 0 Å². The quantitative estimate of drug-likeness (QED) is 0.882. The predicted octanol–water partition coefficient (Wildman–Crippen LogP) is 3.17. The van der Waals surface area contributed by atoms with Gasteiger partial charge in [0.25, 0.3) is 0 Å². The van der Waals surface area contributed by atoms with Gasteiger partial charge in [0.1, 0.15) is 5.75 Å². The number of methoxy groups -OCH3 is 1. The zero-order valence-corrected chi connectivity index (χ0v) is 12.2. The van der Waals surface area contributed by atoms with Crippen molar-refractivity contribution >= 4 is 29.0 Å². The average molecular weight is 311 g/mol. The fraction of sp³-hybridized carbons (Fsp3) is 0.143. The Hall–Kier alpha value is -1.78. The maximum Gasteiger partial charge on any atom is 0.182 e. The molecule has 0 saturated carbocycles. The van der Waals surface area contributed by atoms with E-state index in [0.717, 1.165) is 0 Å². The summed E-state index contributed by atoms with van der Waals surface area (Å²) in [6.07, 6.45) is 3.02. The molecule has 0 spiro atoms. The third-order valence-corrected chi connectivity index (χ3v) is 3.35. The van der Waals surface area contributed by atoms with E-state index in [1.807, 2.05) is 0 Å². The van der Waals surface area contributed by atoms with E-state index >= 15 is 0 Å². The highest BCUT2D eigenvalue weighted by atomic mass is 35.5. The Labute approximate surface area is 126 Å². The van der Waals surface area contributed by atoms with Crippen molar-refractivity contribution in [2.75, 3.05) is 7.11 Å². The average Bonchev–Trinajstić information content (AvgIpc) is 2.44. The molecule has 0 atom stereocenters. The van der Waals surface area contributed by atoms with Crippen LogP contribution in [-0.4, -0.2) is 17.5 Å². The number of ether oxygens (including phenoxy) is 1. The van der Waals surface area contributed by atoms with Gasteiger partial charge in [-0.15, -0.1) is 0 Å². The van der Waals surface area contributed by atoms with Crippen molar-refractivity contribution in [2.45, 2.75) is 6.54 Å². The SMILES string of the molecule is COc1ccc(C(=O)Cn2cc(Cl)c(=N)c(Cl)c2)cc1. The van der Waals surface area contributed by atoms with Gasteiger partial charge in [0, 0.05) is 18.0 Å². The summed E-state index contributed by atoms with van der Waals surface area (Å²) in [5, 5.41) is 8.03. The van der Waals surface area contributed by atoms with Crippen molar-refractivity contribution < 1.29 is 9.53 Å². The van der Waals surface area contributed by atoms with Gasteiger partial charge in [0.15, 0.2) is 5.78 Å². The first-order valence-corrected chi connectivity index (χ1v) is 6.54. The van der Waals surface area contributed by atoms with Crippen LogP contribution in [0.15, 0.2) is 36.7 Å². The highest BCUT2D eigenvalue weighted by Gasteiger charge is 2.08. The van der Waals surface area contributed by atoms with E-state index in [-0.39, 0.29) is 27.7 Å². The van der Waals surface area contributed by atoms with Gasteiger partial charge in [-0.05, 0) is 24.3 Å². The molecule has 0 aliphatic heterocycles. The molecule has 6 heteroatoms. The number of Topliss-reactive ketones (excluding diaryl/α,β-unsaturated/α-hetero) is 1. The van der Waals surface area contributed by atoms with Crippen LogP contribution in [0.25, 0.3) is 0 Å². The number of benzene rings is 1. The topological polar surface area (TPSA) is 55.1 Å². The summed E-state index contributed by atoms with van der Waals surface area (Å²) < 4.78 is 6.60. The number of rotatable bonds is 4. The number of carbonyl (C=O) groups is 1. The van der Waals surface area contributed by atoms with Crippen LogP contribution in [-0.2, 0) is 6.54 Å². The lowest BCUT2D eigenvalue weighted by Gasteiger charge is -2.08. The molecule has 0 saturated heterocycles. The molecular weight excluding hydrogens is 299 g/mol. The Morgan fingerprint density at radius 2 is 1.75 bits per heavy atom. The second kappa shape index (κ2) is 6.11. The van der Waals surface area contributed by atoms with Crippen LogP contribution in [0.4, 0.5) is 0 Å². The molecule has 4 nitrogen and oxygen atoms in total. The Bertz CT molecular complexity index is 667. The van der Waals surface area contributed by atoms with Gasteiger partial charge in [-0.3, -0.25) is 10.2 Å². The zero-order valence-electron chi connectivity index (χ0n) is 10.7. The van der Waals surface area contributed by atoms with Crippen LogP contribution in [0.2, 0.25) is 10.0 Å². The molecular formula is C14H12Cl2N2O2. The number of halogens is 2. The summed E-state index contributed by atoms with van der Waals surface area (Å²) in [6, 6.07) is 6.85. The smallest absolute Gasteiger partial charge is 0.182 e. The Morgan fingerprint density at radius 1 is 1.20 bits per heavy atom. The Balaban J connectivity index is 2.20. The Morgan fingerprint density at radius 3 is 2.25 bits per heavy atom. The number of carbonyl (C=O) groups excluding carboxylic acids is 1. The molecule has 1 heterocycles. The van der Waals surface area contributed by atoms with E-state index in [1.54, 1.807) is 35.9 Å². The Kier molecular flexibility index (Phi) is 4.47. The lowest BCUT2D eigenvalue weighted by Crippen LogP contribution is -2.14. The normalized spacial score (nSPS) is 10.3. The molecule has 0 fully saturated rings. The molecule has 0 aliphatic rings. The first kappa shape index (κ1) is 14.6. The van der Waals surface area contributed by atoms with E-state index in [9.17, 15) is 4.79 Å². The maximum absolute atomic E-state index is 12.1. The van der Waals surface area contributed by atoms with Crippen molar-refractivity contribution in [2.24, 2.45) is 0 Å². The molecule has 0 bridgehead atoms. The van der Waals surface area contributed by atoms with E-state index < -0.39 is 0 Å². The van der Waals surface area contributed by atoms with Gasteiger partial charge in [-0.1, -0.05) is 23.2 Å². The van der Waals surface area contributed by atoms with E-state index in [4.69, 9.17) is 33.3 Å². The largest absolute Gasteiger partial charge is 0.497 e. The number of nitrogens with one attached hydrogen (secondary N) is 1. The molecule has 2 rings (SSSR count). The number of hydrogen-bond donors (Lipinski definition) is 1. The van der Waals surface area contributed by atoms with Crippen molar-refractivity contribution in [3.8, 4) is 5.75 Å². The van der Waals surface area contributed by atoms with Gasteiger partial charge in [-0.25, -0.2) is 0 Å². The fourth-order valence-corrected chi connectivity index (χ4v) is 2.20. The lowest BCUT2D eigenvalue weighted by molar-refractivity contribution is 0.0972. The standard InChI is InChI=1S/C14H12Cl2N2O2/c1-20-10-4-2-9(3-5-10)13(19)8-18-6-11(15)14(17)12(16)7-18/h2-7,17H,8H2,1H3. The zero-order chi connectivity index (χ0) is 14.7. The second-order valence-electron chi connectivity index (χ2n) is 4.15. The van der Waals surface area contributed by atoms with Crippen molar-refractivity contribution in [3.63, 3.8) is 0 Å². The number of ketones is 1. The van der Waals surface area contributed by atoms with E-state index in [1.165, 1.54) is 12.4 Å². The molecule has 2 aromatic rings. The number of nitrogens with zero attached hydrogens (tertiary/aromatic N) is 1. The highest BCUT2D eigenvalue weighted by molar-refractivity contribution is 6.34. The molecule has 0 unspecified atom stereocenters. The lowest BCUT2D eigenvalue weighted by atomic mass is 10.1. The van der Waals surface area contributed by atoms with Crippen LogP contribution in [0.5, 0.6) is 5.75 Å². The first-order valence-electron chi connectivity index (χ1n) is 5.78. The minimum absolute atomic E-state index is 0.0569. The molecule has 0 radical (unpaired) electrons. The van der Waals surface area contributed by atoms with Gasteiger partial charge in [0.05, 0.1) is 29.1 Å². The second-order valence-corrected chi connectivity index (χ2v) is 4.97. The van der Waals surface area contributed by atoms with Crippen LogP contribution in [0.1, 0.15) is 10.4 Å². The number of hydrogen-bond acceptors (Lipinski definition) is 3. The molecule has 104 valence electrons. The molecule has 1 aromatic heterocycles. The van der Waals surface area contributed by atoms with Gasteiger partial charge < -0.3 is 9.30 Å². The third-order valence-electron chi connectivity index (χ3n) is 2.77. The van der Waals surface area contributed by atoms with Crippen LogP contribution in [0, 0.1) is 5.41 Å². The van der Waals surface area contributed by atoms with E-state index in [2.05, 4.69) is 0 Å². The van der Waals surface area contributed by atoms with Crippen LogP contribution >= 0.6 is 23.2 Å². The van der Waals surface area contributed by atoms with Gasteiger partial charge in [0.2, 0.25) is 0 Å². The molecule has 0 aliphatic carbocycles. The first-order chi connectivity index (χ1) is 9.51. The molecule has 1 aromatic carbocycles. The minimum Gasteiger partial charge on any atom is -0.497 e. The van der Waals surface area contributed by atoms with Crippen molar-refractivity contribution in [1.82, 2.24) is 4.57 Å². The minimum atomic E-state index is -0.0810. The van der Waals surface area contributed by atoms with Gasteiger partial charge in [-0.2, -0.15) is 0 Å². The number of pyridine rings is 1. The summed E-state index contributed by atoms with van der Waals surface area (Å²) >= 11 is 11.7. The molecule has 1 N–H and O–H groups in total.